The number of carbonyl (C=O) groups excluding carboxylic acids is 3. The molecule has 0 heterocycles. The van der Waals surface area contributed by atoms with E-state index in [1.54, 1.807) is 7.11 Å². The van der Waals surface area contributed by atoms with Crippen LogP contribution in [0.15, 0.2) is 0 Å². The largest absolute Gasteiger partial charge is 0.466 e. The highest BCUT2D eigenvalue weighted by atomic mass is 16.7. The average molecular weight is 523 g/mol. The molecule has 0 aliphatic heterocycles. The molecule has 0 spiro atoms. The fourth-order valence-corrected chi connectivity index (χ4v) is 8.11. The fourth-order valence-electron chi connectivity index (χ4n) is 8.11. The molecule has 3 rings (SSSR count). The topological polar surface area (TPSA) is 88.1 Å². The van der Waals surface area contributed by atoms with E-state index in [4.69, 9.17) is 18.9 Å². The van der Waals surface area contributed by atoms with Gasteiger partial charge in [-0.1, -0.05) is 46.5 Å². The molecule has 0 bridgehead atoms. The summed E-state index contributed by atoms with van der Waals surface area (Å²) in [6.07, 6.45) is 11.6. The Morgan fingerprint density at radius 3 is 2.43 bits per heavy atom. The van der Waals surface area contributed by atoms with Gasteiger partial charge in [0, 0.05) is 37.7 Å². The van der Waals surface area contributed by atoms with Gasteiger partial charge >= 0.3 is 5.97 Å². The number of Topliss-reactive ketones (excluding diaryl/α,β-unsaturated/α-hetero) is 1. The standard InChI is InChI=1S/C30H50O7/c1-21(10-8-6-7-9-17-35-22(2)32)24-11-12-25-28(33)26(14-16-29(24,25)3)30(4)15-13-23(37-20-34-5)18-27(30)36-19-31/h19,21,23-27H,6-18,20H2,1-5H3. The highest BCUT2D eigenvalue weighted by Gasteiger charge is 2.59. The lowest BCUT2D eigenvalue weighted by Gasteiger charge is -2.52. The van der Waals surface area contributed by atoms with E-state index in [-0.39, 0.29) is 47.6 Å². The van der Waals surface area contributed by atoms with E-state index < -0.39 is 0 Å². The minimum Gasteiger partial charge on any atom is -0.466 e. The lowest BCUT2D eigenvalue weighted by molar-refractivity contribution is -0.173. The van der Waals surface area contributed by atoms with Crippen LogP contribution in [0.25, 0.3) is 0 Å². The Hall–Kier alpha value is -1.47. The predicted molar refractivity (Wildman–Crippen MR) is 141 cm³/mol. The highest BCUT2D eigenvalue weighted by molar-refractivity contribution is 5.86. The van der Waals surface area contributed by atoms with Crippen LogP contribution in [0.2, 0.25) is 0 Å². The fraction of sp³-hybridized carbons (Fsp3) is 0.900. The van der Waals surface area contributed by atoms with E-state index in [1.807, 2.05) is 0 Å². The van der Waals surface area contributed by atoms with Gasteiger partial charge in [-0.05, 0) is 62.2 Å². The van der Waals surface area contributed by atoms with Crippen molar-refractivity contribution in [2.24, 2.45) is 34.5 Å². The van der Waals surface area contributed by atoms with Crippen molar-refractivity contribution in [3.63, 3.8) is 0 Å². The molecule has 0 radical (unpaired) electrons. The molecule has 0 aromatic carbocycles. The van der Waals surface area contributed by atoms with E-state index in [0.29, 0.717) is 37.1 Å². The zero-order chi connectivity index (χ0) is 27.1. The summed E-state index contributed by atoms with van der Waals surface area (Å²) in [5, 5.41) is 0. The van der Waals surface area contributed by atoms with Crippen LogP contribution >= 0.6 is 0 Å². The molecule has 37 heavy (non-hydrogen) atoms. The molecular formula is C30H50O7. The first-order valence-corrected chi connectivity index (χ1v) is 14.5. The highest BCUT2D eigenvalue weighted by Crippen LogP contribution is 2.61. The number of unbranched alkanes of at least 4 members (excludes halogenated alkanes) is 3. The van der Waals surface area contributed by atoms with Gasteiger partial charge in [-0.25, -0.2) is 0 Å². The number of ether oxygens (including phenoxy) is 4. The van der Waals surface area contributed by atoms with Crippen LogP contribution < -0.4 is 0 Å². The lowest BCUT2D eigenvalue weighted by Crippen LogP contribution is -2.54. The number of esters is 1. The zero-order valence-corrected chi connectivity index (χ0v) is 23.8. The van der Waals surface area contributed by atoms with Gasteiger partial charge in [-0.15, -0.1) is 0 Å². The van der Waals surface area contributed by atoms with Gasteiger partial charge in [-0.2, -0.15) is 0 Å². The number of fused-ring (bicyclic) bond motifs is 1. The second-order valence-electron chi connectivity index (χ2n) is 12.5. The van der Waals surface area contributed by atoms with Crippen molar-refractivity contribution < 1.29 is 33.3 Å². The number of ketones is 1. The molecular weight excluding hydrogens is 472 g/mol. The zero-order valence-electron chi connectivity index (χ0n) is 23.8. The van der Waals surface area contributed by atoms with E-state index in [0.717, 1.165) is 57.8 Å². The van der Waals surface area contributed by atoms with Crippen molar-refractivity contribution in [3.8, 4) is 0 Å². The third kappa shape index (κ3) is 6.95. The molecule has 7 heteroatoms. The first kappa shape index (κ1) is 30.1. The summed E-state index contributed by atoms with van der Waals surface area (Å²) in [5.41, 5.74) is -0.277. The number of rotatable bonds is 14. The number of hydrogen-bond donors (Lipinski definition) is 0. The van der Waals surface area contributed by atoms with Crippen molar-refractivity contribution in [1.29, 1.82) is 0 Å². The van der Waals surface area contributed by atoms with Crippen LogP contribution in [-0.4, -0.2) is 50.9 Å². The molecule has 0 N–H and O–H groups in total. The van der Waals surface area contributed by atoms with Crippen LogP contribution in [0.4, 0.5) is 0 Å². The van der Waals surface area contributed by atoms with Crippen molar-refractivity contribution in [2.75, 3.05) is 20.5 Å². The Morgan fingerprint density at radius 1 is 1.03 bits per heavy atom. The van der Waals surface area contributed by atoms with Crippen molar-refractivity contribution in [1.82, 2.24) is 0 Å². The van der Waals surface area contributed by atoms with Crippen LogP contribution in [0, 0.1) is 34.5 Å². The van der Waals surface area contributed by atoms with E-state index >= 15 is 0 Å². The van der Waals surface area contributed by atoms with Crippen molar-refractivity contribution in [2.45, 2.75) is 117 Å². The molecule has 3 saturated carbocycles. The Kier molecular flexibility index (Phi) is 11.0. The Balaban J connectivity index is 1.57. The third-order valence-electron chi connectivity index (χ3n) is 10.3. The summed E-state index contributed by atoms with van der Waals surface area (Å²) < 4.78 is 21.5. The molecule has 0 saturated heterocycles. The Morgan fingerprint density at radius 2 is 1.73 bits per heavy atom. The summed E-state index contributed by atoms with van der Waals surface area (Å²) in [7, 11) is 1.61. The van der Waals surface area contributed by atoms with Crippen molar-refractivity contribution in [3.05, 3.63) is 0 Å². The minimum absolute atomic E-state index is 0.0136. The molecule has 8 unspecified atom stereocenters. The quantitative estimate of drug-likeness (QED) is 0.122. The monoisotopic (exact) mass is 522 g/mol. The molecule has 7 nitrogen and oxygen atoms in total. The van der Waals surface area contributed by atoms with Gasteiger partial charge in [0.25, 0.3) is 6.47 Å². The van der Waals surface area contributed by atoms with Gasteiger partial charge in [0.05, 0.1) is 12.7 Å². The number of carbonyl (C=O) groups is 3. The SMILES string of the molecule is COCOC1CCC(C)(C2CCC3(C)C(CCC3C(C)CCCCCCOC(C)=O)C2=O)C(OC=O)C1. The van der Waals surface area contributed by atoms with Crippen LogP contribution in [0.1, 0.15) is 105 Å². The third-order valence-corrected chi connectivity index (χ3v) is 10.3. The first-order chi connectivity index (χ1) is 17.7. The maximum Gasteiger partial charge on any atom is 0.302 e. The Bertz CT molecular complexity index is 769. The van der Waals surface area contributed by atoms with Gasteiger partial charge in [0.1, 0.15) is 18.7 Å². The maximum atomic E-state index is 14.1. The molecule has 0 aromatic heterocycles. The summed E-state index contributed by atoms with van der Waals surface area (Å²) in [6, 6.07) is 0. The van der Waals surface area contributed by atoms with Crippen molar-refractivity contribution >= 4 is 18.2 Å². The Labute approximate surface area is 223 Å². The van der Waals surface area contributed by atoms with E-state index in [9.17, 15) is 14.4 Å². The second kappa shape index (κ2) is 13.5. The minimum atomic E-state index is -0.345. The van der Waals surface area contributed by atoms with Crippen LogP contribution in [0.5, 0.6) is 0 Å². The second-order valence-corrected chi connectivity index (χ2v) is 12.5. The first-order valence-electron chi connectivity index (χ1n) is 14.5. The number of methoxy groups -OCH3 is 1. The summed E-state index contributed by atoms with van der Waals surface area (Å²) >= 11 is 0. The molecule has 0 amide bonds. The number of hydrogen-bond acceptors (Lipinski definition) is 7. The smallest absolute Gasteiger partial charge is 0.302 e. The van der Waals surface area contributed by atoms with Gasteiger partial charge in [0.15, 0.2) is 0 Å². The van der Waals surface area contributed by atoms with Crippen LogP contribution in [0.3, 0.4) is 0 Å². The summed E-state index contributed by atoms with van der Waals surface area (Å²) in [4.78, 5) is 36.3. The van der Waals surface area contributed by atoms with Crippen LogP contribution in [-0.2, 0) is 33.3 Å². The molecule has 212 valence electrons. The normalized spacial score (nSPS) is 36.6. The summed E-state index contributed by atoms with van der Waals surface area (Å²) in [6.45, 7) is 9.66. The lowest BCUT2D eigenvalue weighted by atomic mass is 9.53. The maximum absolute atomic E-state index is 14.1. The van der Waals surface area contributed by atoms with Gasteiger partial charge < -0.3 is 18.9 Å². The molecule has 3 aliphatic rings. The molecule has 3 fully saturated rings. The predicted octanol–water partition coefficient (Wildman–Crippen LogP) is 5.87. The van der Waals surface area contributed by atoms with E-state index in [1.165, 1.54) is 19.8 Å². The summed E-state index contributed by atoms with van der Waals surface area (Å²) in [5.74, 6) is 1.43. The molecule has 3 aliphatic carbocycles. The molecule has 8 atom stereocenters. The van der Waals surface area contributed by atoms with Gasteiger partial charge in [0.2, 0.25) is 0 Å². The average Bonchev–Trinajstić information content (AvgIpc) is 3.22. The molecule has 0 aromatic rings. The van der Waals surface area contributed by atoms with E-state index in [2.05, 4.69) is 20.8 Å². The van der Waals surface area contributed by atoms with Gasteiger partial charge in [-0.3, -0.25) is 14.4 Å².